The van der Waals surface area contributed by atoms with Crippen molar-refractivity contribution in [3.05, 3.63) is 48.5 Å². The number of ether oxygens (including phenoxy) is 1. The van der Waals surface area contributed by atoms with Gasteiger partial charge in [0.1, 0.15) is 5.75 Å². The third-order valence-corrected chi connectivity index (χ3v) is 2.67. The van der Waals surface area contributed by atoms with E-state index in [0.717, 1.165) is 0 Å². The highest BCUT2D eigenvalue weighted by atomic mass is 16.5. The fourth-order valence-corrected chi connectivity index (χ4v) is 1.70. The van der Waals surface area contributed by atoms with Crippen molar-refractivity contribution in [2.24, 2.45) is 0 Å². The van der Waals surface area contributed by atoms with Crippen molar-refractivity contribution in [1.82, 2.24) is 5.43 Å². The van der Waals surface area contributed by atoms with Crippen LogP contribution in [0.15, 0.2) is 48.5 Å². The summed E-state index contributed by atoms with van der Waals surface area (Å²) in [5.41, 5.74) is 12.5. The molecular weight excluding hydrogens is 284 g/mol. The molecule has 0 unspecified atom stereocenters. The molecule has 0 bridgehead atoms. The van der Waals surface area contributed by atoms with E-state index in [-0.39, 0.29) is 12.5 Å². The largest absolute Gasteiger partial charge is 0.484 e. The molecule has 0 atom stereocenters. The van der Waals surface area contributed by atoms with Crippen LogP contribution < -0.4 is 26.6 Å². The lowest BCUT2D eigenvalue weighted by Gasteiger charge is -2.09. The Morgan fingerprint density at radius 3 is 2.55 bits per heavy atom. The smallest absolute Gasteiger partial charge is 0.262 e. The van der Waals surface area contributed by atoms with Gasteiger partial charge in [-0.2, -0.15) is 0 Å². The molecule has 7 heteroatoms. The Balaban J connectivity index is 1.82. The zero-order valence-electron chi connectivity index (χ0n) is 11.7. The fourth-order valence-electron chi connectivity index (χ4n) is 1.70. The standard InChI is InChI=1S/C15H16N4O3/c16-11-2-1-3-14(8-11)22-9-15(21)18-12-4-6-13(7-5-12)19-17-10-20/h1-8,10,19H,9,16H2,(H,17,20)(H,18,21). The third-order valence-electron chi connectivity index (χ3n) is 2.67. The molecule has 0 heterocycles. The van der Waals surface area contributed by atoms with E-state index in [9.17, 15) is 9.59 Å². The first-order valence-corrected chi connectivity index (χ1v) is 6.51. The van der Waals surface area contributed by atoms with Crippen LogP contribution in [0.2, 0.25) is 0 Å². The number of hydrazine groups is 1. The number of nitrogen functional groups attached to an aromatic ring is 1. The second kappa shape index (κ2) is 7.53. The number of hydrogen-bond acceptors (Lipinski definition) is 5. The molecule has 2 aromatic rings. The van der Waals surface area contributed by atoms with Gasteiger partial charge in [0.2, 0.25) is 6.41 Å². The zero-order chi connectivity index (χ0) is 15.8. The quantitative estimate of drug-likeness (QED) is 0.351. The number of carbonyl (C=O) groups is 2. The number of nitrogens with one attached hydrogen (secondary N) is 3. The van der Waals surface area contributed by atoms with Gasteiger partial charge in [-0.1, -0.05) is 6.07 Å². The predicted molar refractivity (Wildman–Crippen MR) is 84.2 cm³/mol. The first kappa shape index (κ1) is 15.2. The molecule has 5 N–H and O–H groups in total. The summed E-state index contributed by atoms with van der Waals surface area (Å²) >= 11 is 0. The van der Waals surface area contributed by atoms with Crippen LogP contribution in [0.4, 0.5) is 17.1 Å². The lowest BCUT2D eigenvalue weighted by Crippen LogP contribution is -2.20. The minimum Gasteiger partial charge on any atom is -0.484 e. The average Bonchev–Trinajstić information content (AvgIpc) is 2.52. The Morgan fingerprint density at radius 2 is 1.86 bits per heavy atom. The Morgan fingerprint density at radius 1 is 1.14 bits per heavy atom. The zero-order valence-corrected chi connectivity index (χ0v) is 11.7. The normalized spacial score (nSPS) is 9.64. The molecular formula is C15H16N4O3. The number of rotatable bonds is 7. The molecule has 0 saturated heterocycles. The summed E-state index contributed by atoms with van der Waals surface area (Å²) in [5, 5.41) is 2.70. The van der Waals surface area contributed by atoms with Gasteiger partial charge in [0.15, 0.2) is 6.61 Å². The summed E-state index contributed by atoms with van der Waals surface area (Å²) in [6.45, 7) is -0.115. The van der Waals surface area contributed by atoms with E-state index >= 15 is 0 Å². The molecule has 0 aromatic heterocycles. The lowest BCUT2D eigenvalue weighted by atomic mass is 10.3. The first-order valence-electron chi connectivity index (χ1n) is 6.51. The molecule has 22 heavy (non-hydrogen) atoms. The van der Waals surface area contributed by atoms with Crippen molar-refractivity contribution < 1.29 is 14.3 Å². The van der Waals surface area contributed by atoms with E-state index in [1.165, 1.54) is 0 Å². The molecule has 0 aliphatic carbocycles. The number of anilines is 3. The topological polar surface area (TPSA) is 105 Å². The van der Waals surface area contributed by atoms with Gasteiger partial charge in [-0.15, -0.1) is 0 Å². The summed E-state index contributed by atoms with van der Waals surface area (Å²) in [4.78, 5) is 21.9. The molecule has 2 aromatic carbocycles. The van der Waals surface area contributed by atoms with Gasteiger partial charge in [0, 0.05) is 17.4 Å². The Kier molecular flexibility index (Phi) is 5.20. The summed E-state index contributed by atoms with van der Waals surface area (Å²) in [6.07, 6.45) is 0.531. The van der Waals surface area contributed by atoms with Crippen LogP contribution >= 0.6 is 0 Å². The lowest BCUT2D eigenvalue weighted by molar-refractivity contribution is -0.118. The van der Waals surface area contributed by atoms with E-state index in [1.807, 2.05) is 0 Å². The summed E-state index contributed by atoms with van der Waals surface area (Å²) in [7, 11) is 0. The van der Waals surface area contributed by atoms with Crippen molar-refractivity contribution in [2.45, 2.75) is 0 Å². The molecule has 0 aliphatic rings. The van der Waals surface area contributed by atoms with Crippen LogP contribution in [-0.2, 0) is 9.59 Å². The van der Waals surface area contributed by atoms with Crippen LogP contribution in [0.3, 0.4) is 0 Å². The van der Waals surface area contributed by atoms with Crippen molar-refractivity contribution in [2.75, 3.05) is 23.1 Å². The van der Waals surface area contributed by atoms with E-state index in [2.05, 4.69) is 16.2 Å². The molecule has 7 nitrogen and oxygen atoms in total. The molecule has 0 radical (unpaired) electrons. The maximum absolute atomic E-state index is 11.8. The minimum atomic E-state index is -0.283. The van der Waals surface area contributed by atoms with Crippen LogP contribution in [-0.4, -0.2) is 18.9 Å². The predicted octanol–water partition coefficient (Wildman–Crippen LogP) is 1.36. The van der Waals surface area contributed by atoms with E-state index in [4.69, 9.17) is 10.5 Å². The third kappa shape index (κ3) is 4.71. The number of hydrogen-bond donors (Lipinski definition) is 4. The van der Waals surface area contributed by atoms with Gasteiger partial charge in [0.05, 0.1) is 5.69 Å². The monoisotopic (exact) mass is 300 g/mol. The van der Waals surface area contributed by atoms with Gasteiger partial charge in [0.25, 0.3) is 5.91 Å². The number of benzene rings is 2. The molecule has 0 fully saturated rings. The van der Waals surface area contributed by atoms with Gasteiger partial charge in [-0.25, -0.2) is 0 Å². The Bertz CT molecular complexity index is 643. The highest BCUT2D eigenvalue weighted by Gasteiger charge is 2.04. The number of carbonyl (C=O) groups excluding carboxylic acids is 2. The number of amides is 2. The summed E-state index contributed by atoms with van der Waals surface area (Å²) in [5.74, 6) is 0.254. The SMILES string of the molecule is Nc1cccc(OCC(=O)Nc2ccc(NNC=O)cc2)c1. The summed E-state index contributed by atoms with van der Waals surface area (Å²) in [6, 6.07) is 13.7. The second-order valence-corrected chi connectivity index (χ2v) is 4.37. The van der Waals surface area contributed by atoms with Crippen LogP contribution in [0.5, 0.6) is 5.75 Å². The molecule has 2 rings (SSSR count). The first-order chi connectivity index (χ1) is 10.7. The van der Waals surface area contributed by atoms with Crippen LogP contribution in [0, 0.1) is 0 Å². The molecule has 2 amide bonds. The van der Waals surface area contributed by atoms with E-state index < -0.39 is 0 Å². The van der Waals surface area contributed by atoms with Gasteiger partial charge >= 0.3 is 0 Å². The maximum Gasteiger partial charge on any atom is 0.262 e. The second-order valence-electron chi connectivity index (χ2n) is 4.37. The van der Waals surface area contributed by atoms with E-state index in [0.29, 0.717) is 29.2 Å². The van der Waals surface area contributed by atoms with E-state index in [1.54, 1.807) is 48.5 Å². The highest BCUT2D eigenvalue weighted by molar-refractivity contribution is 5.92. The Labute approximate surface area is 127 Å². The molecule has 0 saturated carbocycles. The molecule has 114 valence electrons. The maximum atomic E-state index is 11.8. The average molecular weight is 300 g/mol. The van der Waals surface area contributed by atoms with Crippen molar-refractivity contribution >= 4 is 29.4 Å². The fraction of sp³-hybridized carbons (Fsp3) is 0.0667. The van der Waals surface area contributed by atoms with Crippen LogP contribution in [0.25, 0.3) is 0 Å². The number of nitrogens with two attached hydrogens (primary N) is 1. The Hall–Kier alpha value is -3.22. The summed E-state index contributed by atoms with van der Waals surface area (Å²) < 4.78 is 5.34. The van der Waals surface area contributed by atoms with Crippen molar-refractivity contribution in [3.63, 3.8) is 0 Å². The molecule has 0 spiro atoms. The molecule has 0 aliphatic heterocycles. The van der Waals surface area contributed by atoms with Crippen molar-refractivity contribution in [1.29, 1.82) is 0 Å². The minimum absolute atomic E-state index is 0.115. The van der Waals surface area contributed by atoms with Crippen molar-refractivity contribution in [3.8, 4) is 5.75 Å². The van der Waals surface area contributed by atoms with Gasteiger partial charge < -0.3 is 15.8 Å². The van der Waals surface area contributed by atoms with Crippen LogP contribution in [0.1, 0.15) is 0 Å². The highest BCUT2D eigenvalue weighted by Crippen LogP contribution is 2.15. The van der Waals surface area contributed by atoms with Gasteiger partial charge in [-0.05, 0) is 36.4 Å². The van der Waals surface area contributed by atoms with Gasteiger partial charge in [-0.3, -0.25) is 20.4 Å².